The third-order valence-electron chi connectivity index (χ3n) is 10.9. The molecule has 3 aromatic carbocycles. The molecule has 352 valence electrons. The highest BCUT2D eigenvalue weighted by molar-refractivity contribution is 5.88. The Balaban J connectivity index is 1.10. The summed E-state index contributed by atoms with van der Waals surface area (Å²) < 4.78 is 45.2. The van der Waals surface area contributed by atoms with Gasteiger partial charge in [-0.25, -0.2) is 4.79 Å². The van der Waals surface area contributed by atoms with Crippen molar-refractivity contribution in [3.05, 3.63) is 76.5 Å². The first-order valence-corrected chi connectivity index (χ1v) is 19.9. The van der Waals surface area contributed by atoms with Crippen LogP contribution in [-0.2, 0) is 28.5 Å². The largest absolute Gasteiger partial charge is 0.508 e. The number of benzene rings is 3. The van der Waals surface area contributed by atoms with Gasteiger partial charge < -0.3 is 104 Å². The van der Waals surface area contributed by atoms with Crippen LogP contribution in [0.1, 0.15) is 12.5 Å². The van der Waals surface area contributed by atoms with Crippen LogP contribution in [0.4, 0.5) is 0 Å². The molecule has 3 aliphatic heterocycles. The van der Waals surface area contributed by atoms with Gasteiger partial charge in [0.2, 0.25) is 23.8 Å². The number of ether oxygens (including phenoxy) is 7. The molecule has 0 aliphatic carbocycles. The summed E-state index contributed by atoms with van der Waals surface area (Å²) in [6.45, 7) is -0.128. The first-order chi connectivity index (χ1) is 30.9. The van der Waals surface area contributed by atoms with Gasteiger partial charge in [0.1, 0.15) is 102 Å². The maximum atomic E-state index is 14.1. The Labute approximate surface area is 365 Å². The number of carbonyl (C=O) groups is 1. The molecule has 0 spiro atoms. The van der Waals surface area contributed by atoms with Crippen molar-refractivity contribution < 1.29 is 109 Å². The quantitative estimate of drug-likeness (QED) is 0.0406. The van der Waals surface area contributed by atoms with Gasteiger partial charge in [-0.05, 0) is 55.0 Å². The van der Waals surface area contributed by atoms with Crippen molar-refractivity contribution in [2.75, 3.05) is 13.2 Å². The zero-order chi connectivity index (χ0) is 47.0. The zero-order valence-corrected chi connectivity index (χ0v) is 33.8. The van der Waals surface area contributed by atoms with Crippen LogP contribution < -0.4 is 14.9 Å². The van der Waals surface area contributed by atoms with E-state index in [2.05, 4.69) is 0 Å². The number of aliphatic hydroxyl groups excluding tert-OH is 9. The average Bonchev–Trinajstić information content (AvgIpc) is 3.27. The molecule has 15 atom stereocenters. The van der Waals surface area contributed by atoms with Gasteiger partial charge in [0.25, 0.3) is 0 Å². The molecule has 65 heavy (non-hydrogen) atoms. The first kappa shape index (κ1) is 47.3. The van der Waals surface area contributed by atoms with E-state index in [0.29, 0.717) is 5.56 Å². The lowest BCUT2D eigenvalue weighted by Gasteiger charge is -2.45. The van der Waals surface area contributed by atoms with Crippen molar-refractivity contribution in [3.63, 3.8) is 0 Å². The first-order valence-electron chi connectivity index (χ1n) is 19.9. The van der Waals surface area contributed by atoms with Gasteiger partial charge in [0.15, 0.2) is 23.5 Å². The number of esters is 1. The van der Waals surface area contributed by atoms with Crippen molar-refractivity contribution in [2.24, 2.45) is 0 Å². The normalized spacial score (nSPS) is 32.9. The van der Waals surface area contributed by atoms with Gasteiger partial charge in [-0.15, -0.1) is 0 Å². The summed E-state index contributed by atoms with van der Waals surface area (Å²) in [6, 6.07) is 10.9. The predicted molar refractivity (Wildman–Crippen MR) is 214 cm³/mol. The molecule has 23 nitrogen and oxygen atoms in total. The van der Waals surface area contributed by atoms with Crippen molar-refractivity contribution in [2.45, 2.75) is 99.0 Å². The Morgan fingerprint density at radius 3 is 2.00 bits per heavy atom. The fourth-order valence-electron chi connectivity index (χ4n) is 7.25. The van der Waals surface area contributed by atoms with E-state index >= 15 is 0 Å². The number of phenols is 4. The maximum Gasteiger partial charge on any atom is 0.330 e. The van der Waals surface area contributed by atoms with Gasteiger partial charge in [0.05, 0.1) is 12.7 Å². The zero-order valence-electron chi connectivity index (χ0n) is 33.8. The van der Waals surface area contributed by atoms with Crippen LogP contribution in [0.2, 0.25) is 0 Å². The third kappa shape index (κ3) is 9.83. The molecule has 0 unspecified atom stereocenters. The topological polar surface area (TPSA) is 375 Å². The van der Waals surface area contributed by atoms with E-state index in [1.807, 2.05) is 0 Å². The smallest absolute Gasteiger partial charge is 0.330 e. The molecule has 23 heteroatoms. The Morgan fingerprint density at radius 1 is 0.677 bits per heavy atom. The monoisotopic (exact) mass is 918 g/mol. The summed E-state index contributed by atoms with van der Waals surface area (Å²) >= 11 is 0. The maximum absolute atomic E-state index is 14.1. The summed E-state index contributed by atoms with van der Waals surface area (Å²) in [7, 11) is 0. The van der Waals surface area contributed by atoms with Gasteiger partial charge in [-0.2, -0.15) is 0 Å². The van der Waals surface area contributed by atoms with E-state index in [9.17, 15) is 76.0 Å². The molecule has 0 bridgehead atoms. The van der Waals surface area contributed by atoms with Crippen LogP contribution in [-0.4, -0.2) is 178 Å². The number of aliphatic hydroxyl groups is 9. The lowest BCUT2D eigenvalue weighted by molar-refractivity contribution is -0.350. The summed E-state index contributed by atoms with van der Waals surface area (Å²) in [6.07, 6.45) is -24.0. The van der Waals surface area contributed by atoms with Crippen molar-refractivity contribution in [3.8, 4) is 45.8 Å². The van der Waals surface area contributed by atoms with E-state index in [1.165, 1.54) is 55.5 Å². The molecule has 3 fully saturated rings. The standard InChI is InChI=1S/C42H46O23/c1-15-28(49)38(64-41-35(56)33(54)30(51)25(63-41)14-58-26(48)9-3-16-2-8-20(45)21(46)10-16)36(57)42(59-15)60-19-11-22(47)27-23(12-19)61-37(17-4-6-18(44)7-5-17)39(31(27)52)65-40-34(55)32(53)29(50)24(13-43)62-40/h2-12,15,24-25,28-30,32-36,38,40-47,49-51,53-57H,13-14H2,1H3/t15-,24-,25-,28-,29-,30-,32+,33-,34-,35+,36+,38+,40+,41-,42-/m0/s1. The SMILES string of the molecule is C[C@@H]1O[C@@H](Oc2cc(O)c3c(=O)c(O[C@H]4O[C@@H](CO)[C@H](O)[C@@H](O)[C@@H]4O)c(-c4ccc(O)cc4)oc3c2)[C@H](O)[C@H](O[C@@H]2O[C@@H](COC(=O)C=Cc3ccc(O)c(O)c3)[C@H](O)[C@H](O)[C@H]2O)[C@H]1O. The number of aromatic hydroxyl groups is 4. The molecule has 0 radical (unpaired) electrons. The van der Waals surface area contributed by atoms with Crippen LogP contribution in [0, 0.1) is 0 Å². The van der Waals surface area contributed by atoms with E-state index in [4.69, 9.17) is 37.6 Å². The highest BCUT2D eigenvalue weighted by Crippen LogP contribution is 2.39. The van der Waals surface area contributed by atoms with Crippen molar-refractivity contribution in [1.82, 2.24) is 0 Å². The predicted octanol–water partition coefficient (Wildman–Crippen LogP) is -2.24. The van der Waals surface area contributed by atoms with Crippen molar-refractivity contribution in [1.29, 1.82) is 0 Å². The molecular weight excluding hydrogens is 872 g/mol. The second-order valence-corrected chi connectivity index (χ2v) is 15.4. The van der Waals surface area contributed by atoms with Gasteiger partial charge in [-0.3, -0.25) is 4.79 Å². The Kier molecular flexibility index (Phi) is 14.2. The van der Waals surface area contributed by atoms with E-state index in [-0.39, 0.29) is 34.2 Å². The number of hydrogen-bond donors (Lipinski definition) is 13. The minimum atomic E-state index is -1.98. The van der Waals surface area contributed by atoms with E-state index in [1.54, 1.807) is 0 Å². The Morgan fingerprint density at radius 2 is 1.32 bits per heavy atom. The second kappa shape index (κ2) is 19.4. The average molecular weight is 919 g/mol. The molecule has 3 aliphatic rings. The minimum Gasteiger partial charge on any atom is -0.508 e. The molecule has 0 amide bonds. The van der Waals surface area contributed by atoms with Crippen LogP contribution in [0.15, 0.2) is 69.9 Å². The van der Waals surface area contributed by atoms with E-state index < -0.39 is 139 Å². The third-order valence-corrected chi connectivity index (χ3v) is 10.9. The summed E-state index contributed by atoms with van der Waals surface area (Å²) in [5.41, 5.74) is -0.972. The highest BCUT2D eigenvalue weighted by atomic mass is 16.7. The van der Waals surface area contributed by atoms with Crippen molar-refractivity contribution >= 4 is 23.0 Å². The molecule has 4 heterocycles. The highest BCUT2D eigenvalue weighted by Gasteiger charge is 2.51. The van der Waals surface area contributed by atoms with Gasteiger partial charge >= 0.3 is 5.97 Å². The van der Waals surface area contributed by atoms with Crippen LogP contribution in [0.25, 0.3) is 28.4 Å². The van der Waals surface area contributed by atoms with E-state index in [0.717, 1.165) is 18.2 Å². The Bertz CT molecular complexity index is 2400. The fourth-order valence-corrected chi connectivity index (χ4v) is 7.25. The van der Waals surface area contributed by atoms with Gasteiger partial charge in [0, 0.05) is 23.8 Å². The number of rotatable bonds is 12. The number of hydrogen-bond acceptors (Lipinski definition) is 23. The molecule has 1 aromatic heterocycles. The minimum absolute atomic E-state index is 0.107. The molecular formula is C42H46O23. The van der Waals surface area contributed by atoms with Crippen LogP contribution in [0.5, 0.6) is 34.5 Å². The molecule has 13 N–H and O–H groups in total. The fraction of sp³-hybridized carbons (Fsp3) is 0.429. The summed E-state index contributed by atoms with van der Waals surface area (Å²) in [5, 5.41) is 135. The molecule has 0 saturated carbocycles. The Hall–Kier alpha value is -5.64. The molecule has 7 rings (SSSR count). The number of phenolic OH excluding ortho intramolecular Hbond substituents is 4. The summed E-state index contributed by atoms with van der Waals surface area (Å²) in [4.78, 5) is 26.5. The lowest BCUT2D eigenvalue weighted by atomic mass is 9.97. The number of carbonyl (C=O) groups excluding carboxylic acids is 1. The number of fused-ring (bicyclic) bond motifs is 1. The van der Waals surface area contributed by atoms with Crippen LogP contribution >= 0.6 is 0 Å². The van der Waals surface area contributed by atoms with Crippen LogP contribution in [0.3, 0.4) is 0 Å². The lowest BCUT2D eigenvalue weighted by Crippen LogP contribution is -2.64. The molecule has 3 saturated heterocycles. The second-order valence-electron chi connectivity index (χ2n) is 15.4. The van der Waals surface area contributed by atoms with Gasteiger partial charge in [-0.1, -0.05) is 6.07 Å². The summed E-state index contributed by atoms with van der Waals surface area (Å²) in [5.74, 6) is -4.03. The molecule has 4 aromatic rings.